The number of hydrogen-bond donors (Lipinski definition) is 0. The van der Waals surface area contributed by atoms with Crippen molar-refractivity contribution in [3.8, 4) is 10.6 Å². The van der Waals surface area contributed by atoms with Crippen molar-refractivity contribution in [2.45, 2.75) is 25.5 Å². The first-order valence-electron chi connectivity index (χ1n) is 8.92. The average molecular weight is 357 g/mol. The van der Waals surface area contributed by atoms with E-state index in [-0.39, 0.29) is 12.0 Å². The van der Waals surface area contributed by atoms with Crippen molar-refractivity contribution in [1.29, 1.82) is 0 Å². The van der Waals surface area contributed by atoms with Crippen molar-refractivity contribution in [1.82, 2.24) is 14.8 Å². The Balaban J connectivity index is 1.37. The number of hydrogen-bond acceptors (Lipinski definition) is 5. The van der Waals surface area contributed by atoms with Crippen molar-refractivity contribution in [2.24, 2.45) is 0 Å². The zero-order valence-electron chi connectivity index (χ0n) is 14.3. The molecular weight excluding hydrogens is 334 g/mol. The summed E-state index contributed by atoms with van der Waals surface area (Å²) in [7, 11) is 0. The van der Waals surface area contributed by atoms with Crippen molar-refractivity contribution in [3.63, 3.8) is 0 Å². The summed E-state index contributed by atoms with van der Waals surface area (Å²) >= 11 is 1.67. The van der Waals surface area contributed by atoms with E-state index in [2.05, 4.69) is 22.4 Å². The summed E-state index contributed by atoms with van der Waals surface area (Å²) < 4.78 is 5.74. The summed E-state index contributed by atoms with van der Waals surface area (Å²) in [5.74, 6) is 0.158. The fraction of sp³-hybridized carbons (Fsp3) is 0.474. The van der Waals surface area contributed by atoms with E-state index in [4.69, 9.17) is 9.72 Å². The highest BCUT2D eigenvalue weighted by atomic mass is 32.1. The highest BCUT2D eigenvalue weighted by Crippen LogP contribution is 2.24. The van der Waals surface area contributed by atoms with Gasteiger partial charge in [-0.05, 0) is 12.8 Å². The van der Waals surface area contributed by atoms with Gasteiger partial charge in [0.25, 0.3) is 5.91 Å². The molecular formula is C19H23N3O2S. The van der Waals surface area contributed by atoms with E-state index >= 15 is 0 Å². The molecule has 2 saturated heterocycles. The van der Waals surface area contributed by atoms with Gasteiger partial charge in [-0.2, -0.15) is 0 Å². The Morgan fingerprint density at radius 3 is 2.80 bits per heavy atom. The third-order valence-corrected chi connectivity index (χ3v) is 5.74. The van der Waals surface area contributed by atoms with Crippen molar-refractivity contribution in [2.75, 3.05) is 32.8 Å². The lowest BCUT2D eigenvalue weighted by atomic mass is 10.2. The number of aromatic nitrogens is 1. The minimum absolute atomic E-state index is 0.158. The van der Waals surface area contributed by atoms with Gasteiger partial charge >= 0.3 is 0 Å². The zero-order valence-corrected chi connectivity index (χ0v) is 15.1. The standard InChI is InChI=1S/C19H23N3O2S/c23-19(22-8-4-5-9-22)17-13-21(10-11-24-17)12-16-14-25-18(20-16)15-6-2-1-3-7-15/h1-3,6-7,14,17H,4-5,8-13H2. The van der Waals surface area contributed by atoms with E-state index < -0.39 is 0 Å². The molecule has 132 valence electrons. The van der Waals surface area contributed by atoms with E-state index in [9.17, 15) is 4.79 Å². The zero-order chi connectivity index (χ0) is 17.1. The van der Waals surface area contributed by atoms with Crippen LogP contribution in [-0.2, 0) is 16.1 Å². The Morgan fingerprint density at radius 1 is 1.20 bits per heavy atom. The van der Waals surface area contributed by atoms with Crippen LogP contribution in [0, 0.1) is 0 Å². The van der Waals surface area contributed by atoms with Crippen LogP contribution in [0.1, 0.15) is 18.5 Å². The minimum Gasteiger partial charge on any atom is -0.366 e. The Kier molecular flexibility index (Phi) is 5.10. The molecule has 0 spiro atoms. The molecule has 1 aromatic heterocycles. The van der Waals surface area contributed by atoms with Crippen LogP contribution in [0.25, 0.3) is 10.6 Å². The summed E-state index contributed by atoms with van der Waals surface area (Å²) in [6, 6.07) is 10.3. The van der Waals surface area contributed by atoms with Crippen molar-refractivity contribution < 1.29 is 9.53 Å². The Hall–Kier alpha value is -1.76. The van der Waals surface area contributed by atoms with Gasteiger partial charge in [-0.3, -0.25) is 9.69 Å². The van der Waals surface area contributed by atoms with Gasteiger partial charge in [-0.15, -0.1) is 11.3 Å². The molecule has 2 fully saturated rings. The quantitative estimate of drug-likeness (QED) is 0.844. The highest BCUT2D eigenvalue weighted by Gasteiger charge is 2.31. The molecule has 5 nitrogen and oxygen atoms in total. The molecule has 2 aliphatic heterocycles. The van der Waals surface area contributed by atoms with Gasteiger partial charge in [-0.1, -0.05) is 30.3 Å². The second-order valence-electron chi connectivity index (χ2n) is 6.64. The molecule has 2 aromatic rings. The lowest BCUT2D eigenvalue weighted by Gasteiger charge is -2.33. The monoisotopic (exact) mass is 357 g/mol. The maximum Gasteiger partial charge on any atom is 0.253 e. The summed E-state index contributed by atoms with van der Waals surface area (Å²) in [6.07, 6.45) is 1.91. The van der Waals surface area contributed by atoms with E-state index in [1.165, 1.54) is 0 Å². The summed E-state index contributed by atoms with van der Waals surface area (Å²) in [5.41, 5.74) is 2.22. The number of morpholine rings is 1. The van der Waals surface area contributed by atoms with Gasteiger partial charge < -0.3 is 9.64 Å². The first-order chi connectivity index (χ1) is 12.3. The van der Waals surface area contributed by atoms with Crippen LogP contribution >= 0.6 is 11.3 Å². The summed E-state index contributed by atoms with van der Waals surface area (Å²) in [6.45, 7) is 4.66. The number of amides is 1. The number of benzene rings is 1. The predicted molar refractivity (Wildman–Crippen MR) is 98.4 cm³/mol. The lowest BCUT2D eigenvalue weighted by molar-refractivity contribution is -0.148. The smallest absolute Gasteiger partial charge is 0.253 e. The Bertz CT molecular complexity index is 712. The van der Waals surface area contributed by atoms with Crippen molar-refractivity contribution in [3.05, 3.63) is 41.4 Å². The Morgan fingerprint density at radius 2 is 2.00 bits per heavy atom. The fourth-order valence-corrected chi connectivity index (χ4v) is 4.28. The lowest BCUT2D eigenvalue weighted by Crippen LogP contribution is -2.50. The maximum absolute atomic E-state index is 12.5. The topological polar surface area (TPSA) is 45.7 Å². The van der Waals surface area contributed by atoms with E-state index in [0.29, 0.717) is 13.2 Å². The van der Waals surface area contributed by atoms with Gasteiger partial charge in [-0.25, -0.2) is 4.98 Å². The van der Waals surface area contributed by atoms with Crippen LogP contribution in [0.4, 0.5) is 0 Å². The van der Waals surface area contributed by atoms with Crippen molar-refractivity contribution >= 4 is 17.2 Å². The number of rotatable bonds is 4. The van der Waals surface area contributed by atoms with Gasteiger partial charge in [0.1, 0.15) is 11.1 Å². The summed E-state index contributed by atoms with van der Waals surface area (Å²) in [5, 5.41) is 3.17. The molecule has 0 N–H and O–H groups in total. The van der Waals surface area contributed by atoms with Crippen LogP contribution < -0.4 is 0 Å². The molecule has 1 atom stereocenters. The normalized spacial score (nSPS) is 21.6. The van der Waals surface area contributed by atoms with Gasteiger partial charge in [0, 0.05) is 43.7 Å². The molecule has 1 unspecified atom stereocenters. The second-order valence-corrected chi connectivity index (χ2v) is 7.50. The molecule has 6 heteroatoms. The third-order valence-electron chi connectivity index (χ3n) is 4.80. The van der Waals surface area contributed by atoms with Gasteiger partial charge in [0.05, 0.1) is 12.3 Å². The molecule has 25 heavy (non-hydrogen) atoms. The number of likely N-dealkylation sites (tertiary alicyclic amines) is 1. The van der Waals surface area contributed by atoms with Crippen LogP contribution in [0.3, 0.4) is 0 Å². The van der Waals surface area contributed by atoms with Gasteiger partial charge in [0.15, 0.2) is 0 Å². The Labute approximate surface area is 152 Å². The highest BCUT2D eigenvalue weighted by molar-refractivity contribution is 7.13. The average Bonchev–Trinajstić information content (AvgIpc) is 3.34. The maximum atomic E-state index is 12.5. The first kappa shape index (κ1) is 16.7. The third kappa shape index (κ3) is 3.92. The molecule has 0 aliphatic carbocycles. The van der Waals surface area contributed by atoms with Crippen LogP contribution in [0.2, 0.25) is 0 Å². The second kappa shape index (κ2) is 7.64. The number of thiazole rings is 1. The SMILES string of the molecule is O=C(C1CN(Cc2csc(-c3ccccc3)n2)CCO1)N1CCCC1. The molecule has 3 heterocycles. The fourth-order valence-electron chi connectivity index (χ4n) is 3.46. The van der Waals surface area contributed by atoms with Gasteiger partial charge in [0.2, 0.25) is 0 Å². The predicted octanol–water partition coefficient (Wildman–Crippen LogP) is 2.63. The number of ether oxygens (including phenoxy) is 1. The van der Waals surface area contributed by atoms with Crippen LogP contribution in [0.15, 0.2) is 35.7 Å². The molecule has 0 bridgehead atoms. The minimum atomic E-state index is -0.320. The van der Waals surface area contributed by atoms with E-state index in [1.807, 2.05) is 23.1 Å². The molecule has 2 aliphatic rings. The number of carbonyl (C=O) groups is 1. The molecule has 0 radical (unpaired) electrons. The summed E-state index contributed by atoms with van der Waals surface area (Å²) in [4.78, 5) is 21.5. The first-order valence-corrected chi connectivity index (χ1v) is 9.80. The molecule has 1 amide bonds. The van der Waals surface area contributed by atoms with Crippen LogP contribution in [0.5, 0.6) is 0 Å². The molecule has 4 rings (SSSR count). The molecule has 1 aromatic carbocycles. The number of carbonyl (C=O) groups excluding carboxylic acids is 1. The largest absolute Gasteiger partial charge is 0.366 e. The van der Waals surface area contributed by atoms with Crippen LogP contribution in [-0.4, -0.2) is 59.6 Å². The van der Waals surface area contributed by atoms with E-state index in [0.717, 1.165) is 55.3 Å². The number of nitrogens with zero attached hydrogens (tertiary/aromatic N) is 3. The molecule has 0 saturated carbocycles. The van der Waals surface area contributed by atoms with E-state index in [1.54, 1.807) is 11.3 Å².